The lowest BCUT2D eigenvalue weighted by molar-refractivity contribution is -0.114. The Bertz CT molecular complexity index is 1230. The Morgan fingerprint density at radius 3 is 2.66 bits per heavy atom. The summed E-state index contributed by atoms with van der Waals surface area (Å²) in [6.45, 7) is 3.54. The van der Waals surface area contributed by atoms with Gasteiger partial charge in [0.1, 0.15) is 5.75 Å². The van der Waals surface area contributed by atoms with E-state index in [9.17, 15) is 9.59 Å². The Morgan fingerprint density at radius 2 is 1.94 bits per heavy atom. The summed E-state index contributed by atoms with van der Waals surface area (Å²) in [6, 6.07) is 6.28. The maximum atomic E-state index is 13.1. The predicted octanol–water partition coefficient (Wildman–Crippen LogP) is 3.10. The molecule has 1 aromatic carbocycles. The fraction of sp³-hybridized carbons (Fsp3) is 0.375. The normalized spacial score (nSPS) is 17.5. The summed E-state index contributed by atoms with van der Waals surface area (Å²) in [4.78, 5) is 32.6. The number of anilines is 1. The van der Waals surface area contributed by atoms with Gasteiger partial charge in [0.2, 0.25) is 5.91 Å². The third-order valence-corrected chi connectivity index (χ3v) is 6.11. The molecule has 1 amide bonds. The van der Waals surface area contributed by atoms with Crippen molar-refractivity contribution in [1.29, 1.82) is 0 Å². The number of nitrogens with one attached hydrogen (secondary N) is 1. The highest BCUT2D eigenvalue weighted by atomic mass is 16.5. The lowest BCUT2D eigenvalue weighted by Gasteiger charge is -2.26. The predicted molar refractivity (Wildman–Crippen MR) is 119 cm³/mol. The van der Waals surface area contributed by atoms with Crippen LogP contribution in [-0.2, 0) is 17.6 Å². The van der Waals surface area contributed by atoms with Crippen LogP contribution in [0.15, 0.2) is 41.6 Å². The number of amides is 1. The van der Waals surface area contributed by atoms with E-state index in [2.05, 4.69) is 39.4 Å². The van der Waals surface area contributed by atoms with Gasteiger partial charge in [-0.3, -0.25) is 9.59 Å². The molecule has 32 heavy (non-hydrogen) atoms. The quantitative estimate of drug-likeness (QED) is 0.667. The van der Waals surface area contributed by atoms with Gasteiger partial charge in [0, 0.05) is 12.5 Å². The molecule has 3 aromatic rings. The Labute approximate surface area is 185 Å². The minimum absolute atomic E-state index is 0.184. The third kappa shape index (κ3) is 4.00. The number of rotatable bonds is 5. The smallest absolute Gasteiger partial charge is 0.277 e. The lowest BCUT2D eigenvalue weighted by Crippen LogP contribution is -2.30. The van der Waals surface area contributed by atoms with Gasteiger partial charge in [-0.2, -0.15) is 9.78 Å². The highest BCUT2D eigenvalue weighted by Gasteiger charge is 2.28. The first-order chi connectivity index (χ1) is 15.5. The molecule has 8 nitrogen and oxygen atoms in total. The van der Waals surface area contributed by atoms with Crippen molar-refractivity contribution >= 4 is 11.6 Å². The van der Waals surface area contributed by atoms with E-state index in [4.69, 9.17) is 4.74 Å². The van der Waals surface area contributed by atoms with E-state index in [0.717, 1.165) is 42.6 Å². The average molecular weight is 431 g/mol. The Hall–Kier alpha value is -3.55. The zero-order valence-electron chi connectivity index (χ0n) is 18.2. The number of fused-ring (bicyclic) bond motifs is 1. The molecule has 0 bridgehead atoms. The molecule has 1 unspecified atom stereocenters. The van der Waals surface area contributed by atoms with Crippen LogP contribution in [-0.4, -0.2) is 31.8 Å². The molecule has 5 rings (SSSR count). The summed E-state index contributed by atoms with van der Waals surface area (Å²) in [7, 11) is 0. The average Bonchev–Trinajstić information content (AvgIpc) is 3.60. The molecule has 0 spiro atoms. The SMILES string of the molecule is CC(=O)Nc1cnc(-n2ncc3c(c2=O)CCC(c2cccc(OC4CC4)c2C)C3)nc1. The maximum Gasteiger partial charge on any atom is 0.277 e. The lowest BCUT2D eigenvalue weighted by atomic mass is 9.79. The summed E-state index contributed by atoms with van der Waals surface area (Å²) in [5, 5.41) is 6.95. The number of benzene rings is 1. The monoisotopic (exact) mass is 431 g/mol. The molecule has 2 aliphatic rings. The van der Waals surface area contributed by atoms with Crippen molar-refractivity contribution in [2.24, 2.45) is 0 Å². The molecule has 2 aliphatic carbocycles. The third-order valence-electron chi connectivity index (χ3n) is 6.11. The topological polar surface area (TPSA) is 99.0 Å². The number of hydrogen-bond acceptors (Lipinski definition) is 6. The van der Waals surface area contributed by atoms with Crippen LogP contribution in [0, 0.1) is 6.92 Å². The van der Waals surface area contributed by atoms with E-state index >= 15 is 0 Å². The summed E-state index contributed by atoms with van der Waals surface area (Å²) in [6.07, 6.45) is 9.67. The molecule has 0 saturated heterocycles. The first-order valence-electron chi connectivity index (χ1n) is 11.0. The van der Waals surface area contributed by atoms with E-state index in [1.54, 1.807) is 6.20 Å². The van der Waals surface area contributed by atoms with Crippen molar-refractivity contribution in [2.75, 3.05) is 5.32 Å². The van der Waals surface area contributed by atoms with Crippen LogP contribution in [0.3, 0.4) is 0 Å². The van der Waals surface area contributed by atoms with E-state index in [0.29, 0.717) is 24.1 Å². The van der Waals surface area contributed by atoms with Crippen LogP contribution in [0.4, 0.5) is 5.69 Å². The molecule has 1 fully saturated rings. The maximum absolute atomic E-state index is 13.1. The van der Waals surface area contributed by atoms with Crippen LogP contribution in [0.1, 0.15) is 54.4 Å². The molecule has 2 aromatic heterocycles. The molecule has 0 aliphatic heterocycles. The summed E-state index contributed by atoms with van der Waals surface area (Å²) in [5.74, 6) is 1.29. The number of nitrogens with zero attached hydrogens (tertiary/aromatic N) is 4. The van der Waals surface area contributed by atoms with Gasteiger partial charge in [-0.15, -0.1) is 0 Å². The Kier molecular flexibility index (Phi) is 5.20. The highest BCUT2D eigenvalue weighted by Crippen LogP contribution is 2.37. The van der Waals surface area contributed by atoms with Crippen LogP contribution < -0.4 is 15.6 Å². The molecule has 1 atom stereocenters. The number of hydrogen-bond donors (Lipinski definition) is 1. The first kappa shape index (κ1) is 20.4. The zero-order chi connectivity index (χ0) is 22.2. The number of ether oxygens (including phenoxy) is 1. The summed E-state index contributed by atoms with van der Waals surface area (Å²) < 4.78 is 7.30. The second-order valence-corrected chi connectivity index (χ2v) is 8.55. The van der Waals surface area contributed by atoms with E-state index in [1.807, 2.05) is 6.07 Å². The molecule has 2 heterocycles. The van der Waals surface area contributed by atoms with E-state index < -0.39 is 0 Å². The van der Waals surface area contributed by atoms with Crippen molar-refractivity contribution < 1.29 is 9.53 Å². The molecule has 8 heteroatoms. The van der Waals surface area contributed by atoms with Gasteiger partial charge in [-0.25, -0.2) is 9.97 Å². The first-order valence-corrected chi connectivity index (χ1v) is 11.0. The minimum Gasteiger partial charge on any atom is -0.490 e. The van der Waals surface area contributed by atoms with Gasteiger partial charge in [-0.1, -0.05) is 12.1 Å². The number of carbonyl (C=O) groups excluding carboxylic acids is 1. The van der Waals surface area contributed by atoms with Gasteiger partial charge in [0.25, 0.3) is 11.5 Å². The van der Waals surface area contributed by atoms with Crippen LogP contribution in [0.5, 0.6) is 5.75 Å². The van der Waals surface area contributed by atoms with Crippen molar-refractivity contribution in [2.45, 2.75) is 58.0 Å². The summed E-state index contributed by atoms with van der Waals surface area (Å²) >= 11 is 0. The molecular weight excluding hydrogens is 406 g/mol. The fourth-order valence-corrected chi connectivity index (χ4v) is 4.33. The second kappa shape index (κ2) is 8.18. The Morgan fingerprint density at radius 1 is 1.16 bits per heavy atom. The van der Waals surface area contributed by atoms with Gasteiger partial charge >= 0.3 is 0 Å². The highest BCUT2D eigenvalue weighted by molar-refractivity contribution is 5.88. The fourth-order valence-electron chi connectivity index (χ4n) is 4.33. The minimum atomic E-state index is -0.208. The molecule has 1 saturated carbocycles. The largest absolute Gasteiger partial charge is 0.490 e. The van der Waals surface area contributed by atoms with Crippen molar-refractivity contribution in [3.63, 3.8) is 0 Å². The van der Waals surface area contributed by atoms with Crippen molar-refractivity contribution in [1.82, 2.24) is 19.7 Å². The standard InChI is InChI=1S/C24H25N5O3/c1-14-20(4-3-5-22(14)32-19-7-8-19)16-6-9-21-17(10-16)11-27-29(23(21)31)24-25-12-18(13-26-24)28-15(2)30/h3-5,11-13,16,19H,6-10H2,1-2H3,(H,28,30). The van der Waals surface area contributed by atoms with Crippen LogP contribution in [0.25, 0.3) is 5.95 Å². The second-order valence-electron chi connectivity index (χ2n) is 8.55. The number of carbonyl (C=O) groups is 1. The van der Waals surface area contributed by atoms with Crippen LogP contribution in [0.2, 0.25) is 0 Å². The number of aromatic nitrogens is 4. The van der Waals surface area contributed by atoms with E-state index in [1.165, 1.54) is 35.1 Å². The van der Waals surface area contributed by atoms with E-state index in [-0.39, 0.29) is 17.4 Å². The van der Waals surface area contributed by atoms with Gasteiger partial charge in [0.15, 0.2) is 0 Å². The van der Waals surface area contributed by atoms with Gasteiger partial charge in [0.05, 0.1) is 30.4 Å². The molecular formula is C24H25N5O3. The Balaban J connectivity index is 1.39. The molecule has 0 radical (unpaired) electrons. The zero-order valence-corrected chi connectivity index (χ0v) is 18.2. The molecule has 1 N–H and O–H groups in total. The van der Waals surface area contributed by atoms with Crippen LogP contribution >= 0.6 is 0 Å². The van der Waals surface area contributed by atoms with Gasteiger partial charge in [-0.05, 0) is 67.7 Å². The summed E-state index contributed by atoms with van der Waals surface area (Å²) in [5.41, 5.74) is 4.52. The molecule has 164 valence electrons. The van der Waals surface area contributed by atoms with Gasteiger partial charge < -0.3 is 10.1 Å². The van der Waals surface area contributed by atoms with Crippen molar-refractivity contribution in [3.8, 4) is 11.7 Å². The van der Waals surface area contributed by atoms with Crippen molar-refractivity contribution in [3.05, 3.63) is 69.4 Å².